The van der Waals surface area contributed by atoms with Gasteiger partial charge in [-0.15, -0.1) is 0 Å². The molecule has 2 aromatic carbocycles. The second-order valence-corrected chi connectivity index (χ2v) is 7.63. The Morgan fingerprint density at radius 1 is 1.16 bits per heavy atom. The third-order valence-electron chi connectivity index (χ3n) is 5.25. The van der Waals surface area contributed by atoms with E-state index in [0.717, 1.165) is 34.9 Å². The first-order valence-electron chi connectivity index (χ1n) is 8.50. The number of amides is 1. The Balaban J connectivity index is 1.52. The lowest BCUT2D eigenvalue weighted by Gasteiger charge is -2.22. The fraction of sp³-hybridized carbons (Fsp3) is 0.300. The van der Waals surface area contributed by atoms with Gasteiger partial charge in [0.1, 0.15) is 0 Å². The van der Waals surface area contributed by atoms with Crippen molar-refractivity contribution in [2.45, 2.75) is 37.4 Å². The van der Waals surface area contributed by atoms with Gasteiger partial charge in [0.05, 0.1) is 12.1 Å². The van der Waals surface area contributed by atoms with Crippen LogP contribution in [-0.4, -0.2) is 28.9 Å². The van der Waals surface area contributed by atoms with Crippen LogP contribution < -0.4 is 5.32 Å². The first-order chi connectivity index (χ1) is 12.2. The van der Waals surface area contributed by atoms with Crippen molar-refractivity contribution >= 4 is 21.8 Å². The van der Waals surface area contributed by atoms with Crippen molar-refractivity contribution in [1.82, 2.24) is 10.2 Å². The highest BCUT2D eigenvalue weighted by atomic mass is 79.9. The van der Waals surface area contributed by atoms with Crippen LogP contribution in [0.25, 0.3) is 11.1 Å². The van der Waals surface area contributed by atoms with Crippen molar-refractivity contribution in [2.75, 3.05) is 0 Å². The Morgan fingerprint density at radius 2 is 1.92 bits per heavy atom. The zero-order valence-electron chi connectivity index (χ0n) is 13.7. The van der Waals surface area contributed by atoms with E-state index in [1.165, 1.54) is 0 Å². The van der Waals surface area contributed by atoms with Gasteiger partial charge < -0.3 is 10.2 Å². The lowest BCUT2D eigenvalue weighted by molar-refractivity contribution is 0.0928. The highest BCUT2D eigenvalue weighted by Gasteiger charge is 2.46. The molecule has 126 valence electrons. The van der Waals surface area contributed by atoms with Gasteiger partial charge in [-0.2, -0.15) is 5.26 Å². The molecule has 2 bridgehead atoms. The average molecular weight is 396 g/mol. The normalized spacial score (nSPS) is 24.2. The Hall–Kier alpha value is -2.32. The molecule has 2 heterocycles. The molecule has 0 radical (unpaired) electrons. The minimum atomic E-state index is -0.0627. The summed E-state index contributed by atoms with van der Waals surface area (Å²) in [5, 5.41) is 12.4. The van der Waals surface area contributed by atoms with Gasteiger partial charge in [-0.25, -0.2) is 0 Å². The SMILES string of the molecule is N#CN1[C@H]2CC[C@@H]1[C@H](NC(=O)c1cccc(-c3cccc(Br)c3)c1)C2. The molecule has 0 aliphatic carbocycles. The van der Waals surface area contributed by atoms with Crippen molar-refractivity contribution in [2.24, 2.45) is 0 Å². The van der Waals surface area contributed by atoms with E-state index in [4.69, 9.17) is 0 Å². The number of halogens is 1. The van der Waals surface area contributed by atoms with Crippen molar-refractivity contribution in [3.8, 4) is 17.3 Å². The molecule has 0 aromatic heterocycles. The van der Waals surface area contributed by atoms with Gasteiger partial charge in [-0.05, 0) is 54.7 Å². The van der Waals surface area contributed by atoms with Crippen LogP contribution in [0.5, 0.6) is 0 Å². The molecular formula is C20H18BrN3O. The molecule has 2 fully saturated rings. The largest absolute Gasteiger partial charge is 0.347 e. The number of fused-ring (bicyclic) bond motifs is 2. The molecule has 25 heavy (non-hydrogen) atoms. The minimum Gasteiger partial charge on any atom is -0.347 e. The Labute approximate surface area is 155 Å². The summed E-state index contributed by atoms with van der Waals surface area (Å²) in [5.41, 5.74) is 2.74. The summed E-state index contributed by atoms with van der Waals surface area (Å²) in [4.78, 5) is 14.6. The Bertz CT molecular complexity index is 860. The zero-order valence-corrected chi connectivity index (χ0v) is 15.2. The van der Waals surface area contributed by atoms with Crippen molar-refractivity contribution in [1.29, 1.82) is 5.26 Å². The van der Waals surface area contributed by atoms with Crippen LogP contribution in [0, 0.1) is 11.5 Å². The van der Waals surface area contributed by atoms with Gasteiger partial charge in [0.15, 0.2) is 6.19 Å². The number of benzene rings is 2. The predicted octanol–water partition coefficient (Wildman–Crippen LogP) is 3.93. The second-order valence-electron chi connectivity index (χ2n) is 6.71. The quantitative estimate of drug-likeness (QED) is 0.800. The van der Waals surface area contributed by atoms with Crippen LogP contribution >= 0.6 is 15.9 Å². The van der Waals surface area contributed by atoms with Gasteiger partial charge in [0.25, 0.3) is 5.91 Å². The molecule has 0 spiro atoms. The maximum atomic E-state index is 12.7. The van der Waals surface area contributed by atoms with Gasteiger partial charge in [-0.1, -0.05) is 40.2 Å². The predicted molar refractivity (Wildman–Crippen MR) is 99.7 cm³/mol. The number of nitrogens with zero attached hydrogens (tertiary/aromatic N) is 2. The van der Waals surface area contributed by atoms with Crippen LogP contribution in [-0.2, 0) is 0 Å². The number of carbonyl (C=O) groups is 1. The number of carbonyl (C=O) groups excluding carboxylic acids is 1. The first-order valence-corrected chi connectivity index (χ1v) is 9.30. The van der Waals surface area contributed by atoms with E-state index in [1.807, 2.05) is 53.4 Å². The average Bonchev–Trinajstić information content (AvgIpc) is 3.18. The van der Waals surface area contributed by atoms with Crippen molar-refractivity contribution < 1.29 is 4.79 Å². The molecule has 2 aliphatic rings. The Morgan fingerprint density at radius 3 is 2.64 bits per heavy atom. The Kier molecular flexibility index (Phi) is 4.22. The third-order valence-corrected chi connectivity index (χ3v) is 5.74. The molecule has 0 unspecified atom stereocenters. The first kappa shape index (κ1) is 16.2. The summed E-state index contributed by atoms with van der Waals surface area (Å²) in [6.45, 7) is 0. The number of nitriles is 1. The smallest absolute Gasteiger partial charge is 0.251 e. The van der Waals surface area contributed by atoms with Crippen LogP contribution in [0.1, 0.15) is 29.6 Å². The van der Waals surface area contributed by atoms with Gasteiger partial charge >= 0.3 is 0 Å². The highest BCUT2D eigenvalue weighted by molar-refractivity contribution is 9.10. The number of nitrogens with one attached hydrogen (secondary N) is 1. The highest BCUT2D eigenvalue weighted by Crippen LogP contribution is 2.37. The van der Waals surface area contributed by atoms with Gasteiger partial charge in [0, 0.05) is 16.1 Å². The number of hydrogen-bond acceptors (Lipinski definition) is 3. The van der Waals surface area contributed by atoms with Gasteiger partial charge in [-0.3, -0.25) is 4.79 Å². The van der Waals surface area contributed by atoms with E-state index < -0.39 is 0 Å². The van der Waals surface area contributed by atoms with E-state index >= 15 is 0 Å². The maximum absolute atomic E-state index is 12.7. The topological polar surface area (TPSA) is 56.1 Å². The van der Waals surface area contributed by atoms with E-state index in [2.05, 4.69) is 27.4 Å². The molecule has 2 saturated heterocycles. The van der Waals surface area contributed by atoms with Crippen LogP contribution in [0.15, 0.2) is 53.0 Å². The molecule has 1 amide bonds. The maximum Gasteiger partial charge on any atom is 0.251 e. The standard InChI is InChI=1S/C20H18BrN3O/c21-16-6-2-4-14(10-16)13-3-1-5-15(9-13)20(25)23-18-11-17-7-8-19(18)24(17)12-22/h1-6,9-10,17-19H,7-8,11H2,(H,23,25)/t17-,18+,19+/m0/s1. The summed E-state index contributed by atoms with van der Waals surface area (Å²) in [7, 11) is 0. The summed E-state index contributed by atoms with van der Waals surface area (Å²) >= 11 is 3.49. The molecule has 0 saturated carbocycles. The lowest BCUT2D eigenvalue weighted by atomic mass is 9.95. The van der Waals surface area contributed by atoms with Crippen molar-refractivity contribution in [3.63, 3.8) is 0 Å². The third kappa shape index (κ3) is 3.03. The van der Waals surface area contributed by atoms with E-state index in [-0.39, 0.29) is 18.0 Å². The minimum absolute atomic E-state index is 0.0627. The number of hydrogen-bond donors (Lipinski definition) is 1. The molecule has 1 N–H and O–H groups in total. The molecule has 4 nitrogen and oxygen atoms in total. The van der Waals surface area contributed by atoms with E-state index in [0.29, 0.717) is 11.6 Å². The monoisotopic (exact) mass is 395 g/mol. The molecule has 4 rings (SSSR count). The zero-order chi connectivity index (χ0) is 17.4. The molecule has 2 aromatic rings. The van der Waals surface area contributed by atoms with Gasteiger partial charge in [0.2, 0.25) is 0 Å². The van der Waals surface area contributed by atoms with Crippen molar-refractivity contribution in [3.05, 3.63) is 58.6 Å². The lowest BCUT2D eigenvalue weighted by Crippen LogP contribution is -2.43. The van der Waals surface area contributed by atoms with E-state index in [1.54, 1.807) is 0 Å². The van der Waals surface area contributed by atoms with E-state index in [9.17, 15) is 10.1 Å². The van der Waals surface area contributed by atoms with Crippen LogP contribution in [0.2, 0.25) is 0 Å². The second kappa shape index (κ2) is 6.53. The number of rotatable bonds is 3. The van der Waals surface area contributed by atoms with Crippen LogP contribution in [0.3, 0.4) is 0 Å². The molecule has 2 aliphatic heterocycles. The summed E-state index contributed by atoms with van der Waals surface area (Å²) in [6, 6.07) is 16.2. The van der Waals surface area contributed by atoms with Crippen LogP contribution in [0.4, 0.5) is 0 Å². The molecule has 5 heteroatoms. The summed E-state index contributed by atoms with van der Waals surface area (Å²) in [5.74, 6) is -0.0627. The fourth-order valence-electron chi connectivity index (χ4n) is 4.06. The molecule has 3 atom stereocenters. The molecular weight excluding hydrogens is 378 g/mol. The summed E-state index contributed by atoms with van der Waals surface area (Å²) < 4.78 is 1.01. The fourth-order valence-corrected chi connectivity index (χ4v) is 4.46. The summed E-state index contributed by atoms with van der Waals surface area (Å²) in [6.07, 6.45) is 5.20.